The molecular weight excluding hydrogens is 224 g/mol. The molecule has 1 rings (SSSR count). The number of hydrogen-bond donors (Lipinski definition) is 1. The summed E-state index contributed by atoms with van der Waals surface area (Å²) in [6.45, 7) is 8.29. The largest absolute Gasteiger partial charge is 0.388 e. The van der Waals surface area contributed by atoms with E-state index in [4.69, 9.17) is 11.6 Å². The Labute approximate surface area is 102 Å². The van der Waals surface area contributed by atoms with Crippen molar-refractivity contribution in [3.8, 4) is 0 Å². The highest BCUT2D eigenvalue weighted by Gasteiger charge is 2.23. The zero-order chi connectivity index (χ0) is 12.5. The Morgan fingerprint density at radius 2 is 1.88 bits per heavy atom. The molecule has 1 atom stereocenters. The zero-order valence-electron chi connectivity index (χ0n) is 10.7. The van der Waals surface area contributed by atoms with E-state index >= 15 is 0 Å². The first-order valence-corrected chi connectivity index (χ1v) is 6.12. The quantitative estimate of drug-likeness (QED) is 0.883. The van der Waals surface area contributed by atoms with Crippen LogP contribution in [0.1, 0.15) is 57.4 Å². The van der Waals surface area contributed by atoms with Gasteiger partial charge in [-0.15, -0.1) is 0 Å². The van der Waals surface area contributed by atoms with Gasteiger partial charge in [0.15, 0.2) is 0 Å². The lowest BCUT2D eigenvalue weighted by Crippen LogP contribution is -2.05. The van der Waals surface area contributed by atoms with Gasteiger partial charge in [0.1, 0.15) is 5.15 Å². The van der Waals surface area contributed by atoms with Gasteiger partial charge in [-0.2, -0.15) is 5.10 Å². The van der Waals surface area contributed by atoms with Gasteiger partial charge in [-0.3, -0.25) is 4.68 Å². The molecule has 4 heteroatoms. The fourth-order valence-electron chi connectivity index (χ4n) is 1.84. The molecule has 16 heavy (non-hydrogen) atoms. The fraction of sp³-hybridized carbons (Fsp3) is 0.750. The van der Waals surface area contributed by atoms with Crippen molar-refractivity contribution >= 4 is 11.6 Å². The Kier molecular flexibility index (Phi) is 4.39. The molecule has 1 heterocycles. The minimum Gasteiger partial charge on any atom is -0.388 e. The number of aryl methyl sites for hydroxylation is 1. The molecule has 0 aliphatic rings. The summed E-state index contributed by atoms with van der Waals surface area (Å²) in [6, 6.07) is 0. The summed E-state index contributed by atoms with van der Waals surface area (Å²) < 4.78 is 1.63. The Balaban J connectivity index is 3.09. The number of aromatic nitrogens is 2. The number of aliphatic hydroxyl groups excluding tert-OH is 1. The predicted molar refractivity (Wildman–Crippen MR) is 66.7 cm³/mol. The van der Waals surface area contributed by atoms with E-state index in [1.807, 2.05) is 0 Å². The third-order valence-corrected chi connectivity index (χ3v) is 3.06. The summed E-state index contributed by atoms with van der Waals surface area (Å²) in [5.41, 5.74) is 1.70. The minimum atomic E-state index is -0.515. The molecule has 0 aromatic carbocycles. The Morgan fingerprint density at radius 3 is 2.31 bits per heavy atom. The molecule has 0 aliphatic carbocycles. The highest BCUT2D eigenvalue weighted by molar-refractivity contribution is 6.30. The minimum absolute atomic E-state index is 0.274. The second-order valence-corrected chi connectivity index (χ2v) is 5.37. The third-order valence-electron chi connectivity index (χ3n) is 2.61. The summed E-state index contributed by atoms with van der Waals surface area (Å²) in [7, 11) is 1.81. The molecular formula is C12H21ClN2O. The molecule has 0 radical (unpaired) electrons. The molecule has 0 fully saturated rings. The lowest BCUT2D eigenvalue weighted by Gasteiger charge is -2.15. The van der Waals surface area contributed by atoms with Crippen molar-refractivity contribution in [2.75, 3.05) is 0 Å². The van der Waals surface area contributed by atoms with Gasteiger partial charge in [0.2, 0.25) is 0 Å². The summed E-state index contributed by atoms with van der Waals surface area (Å²) in [5.74, 6) is 0.710. The Bertz CT molecular complexity index is 358. The lowest BCUT2D eigenvalue weighted by atomic mass is 9.96. The molecule has 0 saturated carbocycles. The van der Waals surface area contributed by atoms with E-state index in [2.05, 4.69) is 32.8 Å². The summed E-state index contributed by atoms with van der Waals surface area (Å²) in [6.07, 6.45) is 0.198. The van der Waals surface area contributed by atoms with E-state index in [1.165, 1.54) is 0 Å². The summed E-state index contributed by atoms with van der Waals surface area (Å²) >= 11 is 6.18. The first kappa shape index (κ1) is 13.5. The number of rotatable bonds is 4. The predicted octanol–water partition coefficient (Wildman–Crippen LogP) is 3.28. The van der Waals surface area contributed by atoms with Gasteiger partial charge in [-0.05, 0) is 18.3 Å². The van der Waals surface area contributed by atoms with Gasteiger partial charge in [-0.25, -0.2) is 0 Å². The highest BCUT2D eigenvalue weighted by atomic mass is 35.5. The van der Waals surface area contributed by atoms with Crippen molar-refractivity contribution in [3.63, 3.8) is 0 Å². The first-order chi connectivity index (χ1) is 7.34. The van der Waals surface area contributed by atoms with Crippen molar-refractivity contribution in [1.29, 1.82) is 0 Å². The maximum Gasteiger partial charge on any atom is 0.132 e. The van der Waals surface area contributed by atoms with Crippen LogP contribution < -0.4 is 0 Å². The first-order valence-electron chi connectivity index (χ1n) is 5.74. The molecule has 1 aromatic heterocycles. The standard InChI is InChI=1S/C12H21ClN2O/c1-7(2)6-9(16)10-11(8(3)4)14-15(5)12(10)13/h7-9,16H,6H2,1-5H3. The molecule has 1 N–H and O–H groups in total. The summed E-state index contributed by atoms with van der Waals surface area (Å²) in [4.78, 5) is 0. The van der Waals surface area contributed by atoms with Crippen LogP contribution in [0.5, 0.6) is 0 Å². The van der Waals surface area contributed by atoms with Crippen molar-refractivity contribution in [2.24, 2.45) is 13.0 Å². The number of hydrogen-bond acceptors (Lipinski definition) is 2. The van der Waals surface area contributed by atoms with E-state index in [-0.39, 0.29) is 5.92 Å². The number of halogens is 1. The van der Waals surface area contributed by atoms with Crippen molar-refractivity contribution in [1.82, 2.24) is 9.78 Å². The van der Waals surface area contributed by atoms with E-state index in [0.717, 1.165) is 11.3 Å². The lowest BCUT2D eigenvalue weighted by molar-refractivity contribution is 0.150. The monoisotopic (exact) mass is 244 g/mol. The second kappa shape index (κ2) is 5.19. The van der Waals surface area contributed by atoms with E-state index in [0.29, 0.717) is 17.5 Å². The van der Waals surface area contributed by atoms with Crippen LogP contribution in [0.25, 0.3) is 0 Å². The van der Waals surface area contributed by atoms with E-state index < -0.39 is 6.10 Å². The number of aliphatic hydroxyl groups is 1. The van der Waals surface area contributed by atoms with Crippen molar-refractivity contribution in [2.45, 2.75) is 46.1 Å². The fourth-order valence-corrected chi connectivity index (χ4v) is 2.10. The maximum atomic E-state index is 10.2. The normalized spacial score (nSPS) is 13.8. The van der Waals surface area contributed by atoms with Crippen LogP contribution >= 0.6 is 11.6 Å². The van der Waals surface area contributed by atoms with Crippen LogP contribution in [0.3, 0.4) is 0 Å². The average Bonchev–Trinajstić information content (AvgIpc) is 2.42. The Morgan fingerprint density at radius 1 is 1.31 bits per heavy atom. The molecule has 92 valence electrons. The van der Waals surface area contributed by atoms with Gasteiger partial charge in [0.25, 0.3) is 0 Å². The van der Waals surface area contributed by atoms with E-state index in [1.54, 1.807) is 11.7 Å². The van der Waals surface area contributed by atoms with Crippen LogP contribution in [-0.4, -0.2) is 14.9 Å². The smallest absolute Gasteiger partial charge is 0.132 e. The van der Waals surface area contributed by atoms with Crippen LogP contribution in [0.15, 0.2) is 0 Å². The molecule has 0 amide bonds. The van der Waals surface area contributed by atoms with Crippen LogP contribution in [0.2, 0.25) is 5.15 Å². The third kappa shape index (κ3) is 2.77. The highest BCUT2D eigenvalue weighted by Crippen LogP contribution is 2.33. The summed E-state index contributed by atoms with van der Waals surface area (Å²) in [5, 5.41) is 15.1. The van der Waals surface area contributed by atoms with Gasteiger partial charge in [-0.1, -0.05) is 39.3 Å². The molecule has 0 bridgehead atoms. The molecule has 1 unspecified atom stereocenters. The molecule has 3 nitrogen and oxygen atoms in total. The zero-order valence-corrected chi connectivity index (χ0v) is 11.4. The topological polar surface area (TPSA) is 38.1 Å². The van der Waals surface area contributed by atoms with E-state index in [9.17, 15) is 5.11 Å². The van der Waals surface area contributed by atoms with Gasteiger partial charge in [0, 0.05) is 12.6 Å². The van der Waals surface area contributed by atoms with Gasteiger partial charge < -0.3 is 5.11 Å². The maximum absolute atomic E-state index is 10.2. The van der Waals surface area contributed by atoms with Crippen LogP contribution in [0, 0.1) is 5.92 Å². The van der Waals surface area contributed by atoms with Gasteiger partial charge in [0.05, 0.1) is 11.8 Å². The SMILES string of the molecule is CC(C)CC(O)c1c(C(C)C)nn(C)c1Cl. The van der Waals surface area contributed by atoms with Gasteiger partial charge >= 0.3 is 0 Å². The second-order valence-electron chi connectivity index (χ2n) is 5.01. The van der Waals surface area contributed by atoms with Crippen molar-refractivity contribution < 1.29 is 5.11 Å². The van der Waals surface area contributed by atoms with Crippen molar-refractivity contribution in [3.05, 3.63) is 16.4 Å². The molecule has 1 aromatic rings. The number of nitrogens with zero attached hydrogens (tertiary/aromatic N) is 2. The van der Waals surface area contributed by atoms with Crippen LogP contribution in [-0.2, 0) is 7.05 Å². The molecule has 0 saturated heterocycles. The molecule has 0 aliphatic heterocycles. The Hall–Kier alpha value is -0.540. The average molecular weight is 245 g/mol. The van der Waals surface area contributed by atoms with Crippen LogP contribution in [0.4, 0.5) is 0 Å². The molecule has 0 spiro atoms.